The van der Waals surface area contributed by atoms with E-state index in [1.807, 2.05) is 19.0 Å². The zero-order valence-corrected chi connectivity index (χ0v) is 12.8. The fraction of sp³-hybridized carbons (Fsp3) is 0.692. The Bertz CT molecular complexity index is 497. The van der Waals surface area contributed by atoms with Gasteiger partial charge in [-0.3, -0.25) is 4.79 Å². The predicted molar refractivity (Wildman–Crippen MR) is 82.2 cm³/mol. The molecule has 8 nitrogen and oxygen atoms in total. The third-order valence-electron chi connectivity index (χ3n) is 3.57. The average Bonchev–Trinajstić information content (AvgIpc) is 2.45. The van der Waals surface area contributed by atoms with Crippen LogP contribution in [-0.4, -0.2) is 54.6 Å². The van der Waals surface area contributed by atoms with E-state index in [1.165, 1.54) is 0 Å². The van der Waals surface area contributed by atoms with E-state index >= 15 is 0 Å². The van der Waals surface area contributed by atoms with E-state index in [0.29, 0.717) is 17.8 Å². The van der Waals surface area contributed by atoms with Crippen molar-refractivity contribution in [2.45, 2.75) is 19.8 Å². The third kappa shape index (κ3) is 4.17. The number of amides is 1. The summed E-state index contributed by atoms with van der Waals surface area (Å²) in [6.45, 7) is 4.01. The maximum absolute atomic E-state index is 10.9. The first-order valence-electron chi connectivity index (χ1n) is 7.14. The zero-order valence-electron chi connectivity index (χ0n) is 12.8. The minimum absolute atomic E-state index is 0.0262. The maximum Gasteiger partial charge on any atom is 0.231 e. The summed E-state index contributed by atoms with van der Waals surface area (Å²) in [6, 6.07) is 0. The average molecular weight is 293 g/mol. The lowest BCUT2D eigenvalue weighted by atomic mass is 9.97. The largest absolute Gasteiger partial charge is 0.368 e. The Morgan fingerprint density at radius 2 is 2.00 bits per heavy atom. The molecule has 0 saturated carbocycles. The second kappa shape index (κ2) is 6.55. The lowest BCUT2D eigenvalue weighted by molar-refractivity contribution is -0.119. The molecule has 116 valence electrons. The van der Waals surface area contributed by atoms with Crippen molar-refractivity contribution in [1.82, 2.24) is 20.3 Å². The van der Waals surface area contributed by atoms with Gasteiger partial charge < -0.3 is 20.9 Å². The monoisotopic (exact) mass is 293 g/mol. The van der Waals surface area contributed by atoms with E-state index in [9.17, 15) is 4.79 Å². The molecule has 1 saturated heterocycles. The van der Waals surface area contributed by atoms with Crippen molar-refractivity contribution < 1.29 is 4.79 Å². The Balaban J connectivity index is 1.97. The highest BCUT2D eigenvalue weighted by Gasteiger charge is 2.22. The van der Waals surface area contributed by atoms with Crippen molar-refractivity contribution in [2.75, 3.05) is 49.3 Å². The molecule has 0 aromatic carbocycles. The van der Waals surface area contributed by atoms with Crippen LogP contribution in [0.3, 0.4) is 0 Å². The van der Waals surface area contributed by atoms with Gasteiger partial charge in [-0.25, -0.2) is 0 Å². The molecule has 1 aromatic heterocycles. The fourth-order valence-corrected chi connectivity index (χ4v) is 2.34. The van der Waals surface area contributed by atoms with Crippen LogP contribution in [0.25, 0.3) is 0 Å². The van der Waals surface area contributed by atoms with E-state index in [-0.39, 0.29) is 11.9 Å². The van der Waals surface area contributed by atoms with Crippen molar-refractivity contribution in [3.8, 4) is 0 Å². The van der Waals surface area contributed by atoms with Crippen LogP contribution >= 0.6 is 0 Å². The van der Waals surface area contributed by atoms with E-state index < -0.39 is 0 Å². The van der Waals surface area contributed by atoms with Crippen LogP contribution in [-0.2, 0) is 4.79 Å². The Morgan fingerprint density at radius 1 is 1.33 bits per heavy atom. The van der Waals surface area contributed by atoms with Gasteiger partial charge in [0.1, 0.15) is 0 Å². The van der Waals surface area contributed by atoms with Gasteiger partial charge in [0.05, 0.1) is 0 Å². The summed E-state index contributed by atoms with van der Waals surface area (Å²) in [7, 11) is 3.75. The molecule has 2 heterocycles. The van der Waals surface area contributed by atoms with Gasteiger partial charge in [-0.1, -0.05) is 0 Å². The molecule has 3 N–H and O–H groups in total. The Hall–Kier alpha value is -2.12. The number of nitrogen functional groups attached to an aromatic ring is 1. The van der Waals surface area contributed by atoms with Crippen molar-refractivity contribution in [3.63, 3.8) is 0 Å². The van der Waals surface area contributed by atoms with Crippen LogP contribution in [0.5, 0.6) is 0 Å². The lowest BCUT2D eigenvalue weighted by Gasteiger charge is -2.32. The molecule has 21 heavy (non-hydrogen) atoms. The van der Waals surface area contributed by atoms with Crippen molar-refractivity contribution in [3.05, 3.63) is 0 Å². The molecule has 0 aliphatic carbocycles. The highest BCUT2D eigenvalue weighted by atomic mass is 16.1. The summed E-state index contributed by atoms with van der Waals surface area (Å²) in [5.41, 5.74) is 5.75. The molecule has 0 atom stereocenters. The highest BCUT2D eigenvalue weighted by Crippen LogP contribution is 2.21. The number of nitrogens with zero attached hydrogens (tertiary/aromatic N) is 5. The van der Waals surface area contributed by atoms with Gasteiger partial charge in [0, 0.05) is 40.7 Å². The standard InChI is InChI=1S/C13H23N7O/c1-9(21)15-8-10-4-6-20(7-5-10)13-17-11(14)16-12(18-13)19(2)3/h10H,4-8H2,1-3H3,(H,15,21)(H2,14,16,17,18). The third-order valence-corrected chi connectivity index (χ3v) is 3.57. The molecular weight excluding hydrogens is 270 g/mol. The smallest absolute Gasteiger partial charge is 0.231 e. The fourth-order valence-electron chi connectivity index (χ4n) is 2.34. The number of hydrogen-bond donors (Lipinski definition) is 2. The second-order valence-corrected chi connectivity index (χ2v) is 5.56. The minimum Gasteiger partial charge on any atom is -0.368 e. The molecule has 8 heteroatoms. The summed E-state index contributed by atoms with van der Waals surface area (Å²) in [5, 5.41) is 2.88. The van der Waals surface area contributed by atoms with Gasteiger partial charge in [0.2, 0.25) is 23.8 Å². The van der Waals surface area contributed by atoms with Crippen LogP contribution in [0.4, 0.5) is 17.8 Å². The number of hydrogen-bond acceptors (Lipinski definition) is 7. The Labute approximate surface area is 124 Å². The Morgan fingerprint density at radius 3 is 2.57 bits per heavy atom. The number of nitrogens with two attached hydrogens (primary N) is 1. The number of nitrogens with one attached hydrogen (secondary N) is 1. The second-order valence-electron chi connectivity index (χ2n) is 5.56. The van der Waals surface area contributed by atoms with E-state index in [1.54, 1.807) is 6.92 Å². The molecule has 1 fully saturated rings. The predicted octanol–water partition coefficient (Wildman–Crippen LogP) is -0.128. The number of piperidine rings is 1. The zero-order chi connectivity index (χ0) is 15.4. The summed E-state index contributed by atoms with van der Waals surface area (Å²) >= 11 is 0. The molecule has 0 bridgehead atoms. The number of carbonyl (C=O) groups is 1. The topological polar surface area (TPSA) is 100 Å². The van der Waals surface area contributed by atoms with Gasteiger partial charge in [0.25, 0.3) is 0 Å². The van der Waals surface area contributed by atoms with E-state index in [0.717, 1.165) is 32.5 Å². The van der Waals surface area contributed by atoms with Crippen LogP contribution in [0.2, 0.25) is 0 Å². The van der Waals surface area contributed by atoms with Crippen molar-refractivity contribution >= 4 is 23.8 Å². The molecule has 2 rings (SSSR count). The van der Waals surface area contributed by atoms with Crippen LogP contribution in [0.15, 0.2) is 0 Å². The van der Waals surface area contributed by atoms with Gasteiger partial charge in [-0.2, -0.15) is 15.0 Å². The molecule has 0 spiro atoms. The SMILES string of the molecule is CC(=O)NCC1CCN(c2nc(N)nc(N(C)C)n2)CC1. The molecule has 1 amide bonds. The summed E-state index contributed by atoms with van der Waals surface area (Å²) in [6.07, 6.45) is 2.01. The van der Waals surface area contributed by atoms with Gasteiger partial charge in [0.15, 0.2) is 0 Å². The maximum atomic E-state index is 10.9. The van der Waals surface area contributed by atoms with Crippen molar-refractivity contribution in [1.29, 1.82) is 0 Å². The van der Waals surface area contributed by atoms with Gasteiger partial charge in [-0.05, 0) is 18.8 Å². The van der Waals surface area contributed by atoms with Crippen LogP contribution in [0, 0.1) is 5.92 Å². The number of aromatic nitrogens is 3. The molecule has 0 unspecified atom stereocenters. The summed E-state index contributed by atoms with van der Waals surface area (Å²) in [5.74, 6) is 1.97. The molecule has 1 aliphatic heterocycles. The van der Waals surface area contributed by atoms with Gasteiger partial charge >= 0.3 is 0 Å². The van der Waals surface area contributed by atoms with Crippen LogP contribution in [0.1, 0.15) is 19.8 Å². The minimum atomic E-state index is 0.0262. The molecule has 1 aliphatic rings. The quantitative estimate of drug-likeness (QED) is 0.797. The summed E-state index contributed by atoms with van der Waals surface area (Å²) in [4.78, 5) is 27.6. The van der Waals surface area contributed by atoms with Gasteiger partial charge in [-0.15, -0.1) is 0 Å². The lowest BCUT2D eigenvalue weighted by Crippen LogP contribution is -2.39. The number of rotatable bonds is 4. The van der Waals surface area contributed by atoms with Crippen LogP contribution < -0.4 is 20.9 Å². The van der Waals surface area contributed by atoms with Crippen molar-refractivity contribution in [2.24, 2.45) is 5.92 Å². The normalized spacial score (nSPS) is 15.9. The Kier molecular flexibility index (Phi) is 4.77. The van der Waals surface area contributed by atoms with E-state index in [4.69, 9.17) is 5.73 Å². The molecule has 1 aromatic rings. The molecular formula is C13H23N7O. The number of carbonyl (C=O) groups excluding carboxylic acids is 1. The first kappa shape index (κ1) is 15.3. The highest BCUT2D eigenvalue weighted by molar-refractivity contribution is 5.72. The first-order chi connectivity index (χ1) is 9.95. The number of anilines is 3. The molecule has 0 radical (unpaired) electrons. The summed E-state index contributed by atoms with van der Waals surface area (Å²) < 4.78 is 0. The first-order valence-corrected chi connectivity index (χ1v) is 7.14. The van der Waals surface area contributed by atoms with E-state index in [2.05, 4.69) is 25.2 Å².